The summed E-state index contributed by atoms with van der Waals surface area (Å²) < 4.78 is 34.2. The summed E-state index contributed by atoms with van der Waals surface area (Å²) in [5, 5.41) is 4.46. The molecule has 2 aromatic carbocycles. The number of ether oxygens (including phenoxy) is 1. The van der Waals surface area contributed by atoms with Crippen LogP contribution < -0.4 is 10.5 Å². The fraction of sp³-hybridized carbons (Fsp3) is 0.276. The number of fused-ring (bicyclic) bond motifs is 1. The molecule has 3 heterocycles. The molecule has 1 unspecified atom stereocenters. The highest BCUT2D eigenvalue weighted by molar-refractivity contribution is 5.98. The van der Waals surface area contributed by atoms with Gasteiger partial charge in [-0.2, -0.15) is 5.10 Å². The number of aromatic nitrogens is 3. The van der Waals surface area contributed by atoms with E-state index in [4.69, 9.17) is 10.5 Å². The zero-order chi connectivity index (χ0) is 27.3. The number of aromatic amines is 1. The van der Waals surface area contributed by atoms with Gasteiger partial charge in [0, 0.05) is 30.3 Å². The number of likely N-dealkylation sites (tertiary alicyclic amines) is 1. The molecule has 0 spiro atoms. The van der Waals surface area contributed by atoms with Crippen LogP contribution >= 0.6 is 0 Å². The number of benzene rings is 2. The molecular weight excluding hydrogens is 504 g/mol. The fourth-order valence-electron chi connectivity index (χ4n) is 5.51. The number of nitrogens with zero attached hydrogens (tertiary/aromatic N) is 3. The van der Waals surface area contributed by atoms with E-state index in [1.165, 1.54) is 16.2 Å². The number of piperidine rings is 1. The van der Waals surface area contributed by atoms with Gasteiger partial charge in [0.15, 0.2) is 17.3 Å². The summed E-state index contributed by atoms with van der Waals surface area (Å²) in [6, 6.07) is 9.77. The Bertz CT molecular complexity index is 1610. The second-order valence-electron chi connectivity index (χ2n) is 10.2. The lowest BCUT2D eigenvalue weighted by atomic mass is 9.85. The highest BCUT2D eigenvalue weighted by Crippen LogP contribution is 2.36. The van der Waals surface area contributed by atoms with Crippen LogP contribution in [0.5, 0.6) is 11.5 Å². The number of nitrogens with one attached hydrogen (secondary N) is 1. The minimum Gasteiger partial charge on any atom is -0.454 e. The number of halogens is 2. The molecule has 2 aromatic heterocycles. The van der Waals surface area contributed by atoms with Crippen molar-refractivity contribution >= 4 is 17.5 Å². The summed E-state index contributed by atoms with van der Waals surface area (Å²) in [5.74, 6) is -1.49. The van der Waals surface area contributed by atoms with Crippen molar-refractivity contribution in [2.24, 2.45) is 11.7 Å². The van der Waals surface area contributed by atoms with E-state index in [0.717, 1.165) is 37.0 Å². The molecule has 1 atom stereocenters. The van der Waals surface area contributed by atoms with Crippen molar-refractivity contribution in [3.8, 4) is 22.8 Å². The predicted molar refractivity (Wildman–Crippen MR) is 140 cm³/mol. The molecular formula is C29H27F2N5O3. The van der Waals surface area contributed by atoms with E-state index in [2.05, 4.69) is 10.1 Å². The number of carbonyl (C=O) groups excluding carboxylic acids is 2. The van der Waals surface area contributed by atoms with Crippen molar-refractivity contribution in [2.45, 2.75) is 32.1 Å². The number of hydrogen-bond donors (Lipinski definition) is 2. The first kappa shape index (κ1) is 24.8. The maximum Gasteiger partial charge on any atom is 0.269 e. The van der Waals surface area contributed by atoms with Crippen LogP contribution in [-0.2, 0) is 4.79 Å². The Hall–Kier alpha value is -4.47. The fourth-order valence-corrected chi connectivity index (χ4v) is 5.51. The lowest BCUT2D eigenvalue weighted by Gasteiger charge is -2.35. The lowest BCUT2D eigenvalue weighted by molar-refractivity contribution is -0.135. The third-order valence-corrected chi connectivity index (χ3v) is 7.58. The molecule has 39 heavy (non-hydrogen) atoms. The topological polar surface area (TPSA) is 106 Å². The van der Waals surface area contributed by atoms with Crippen molar-refractivity contribution in [1.82, 2.24) is 19.5 Å². The number of carbonyl (C=O) groups is 2. The van der Waals surface area contributed by atoms with Crippen molar-refractivity contribution in [1.29, 1.82) is 0 Å². The Morgan fingerprint density at radius 2 is 1.82 bits per heavy atom. The van der Waals surface area contributed by atoms with Crippen molar-refractivity contribution in [2.75, 3.05) is 13.1 Å². The van der Waals surface area contributed by atoms with Gasteiger partial charge in [0.1, 0.15) is 17.2 Å². The van der Waals surface area contributed by atoms with Crippen molar-refractivity contribution < 1.29 is 23.1 Å². The average molecular weight is 532 g/mol. The van der Waals surface area contributed by atoms with Crippen LogP contribution in [0.2, 0.25) is 0 Å². The van der Waals surface area contributed by atoms with Gasteiger partial charge in [-0.3, -0.25) is 9.59 Å². The quantitative estimate of drug-likeness (QED) is 0.335. The lowest BCUT2D eigenvalue weighted by Crippen LogP contribution is -2.42. The Kier molecular flexibility index (Phi) is 6.17. The maximum absolute atomic E-state index is 14.0. The molecule has 2 amide bonds. The molecule has 1 aliphatic carbocycles. The first-order valence-corrected chi connectivity index (χ1v) is 12.9. The van der Waals surface area contributed by atoms with Gasteiger partial charge in [-0.1, -0.05) is 11.6 Å². The second kappa shape index (κ2) is 9.68. The van der Waals surface area contributed by atoms with Gasteiger partial charge in [-0.25, -0.2) is 13.3 Å². The zero-order valence-corrected chi connectivity index (χ0v) is 21.3. The van der Waals surface area contributed by atoms with Gasteiger partial charge in [0.2, 0.25) is 5.91 Å². The van der Waals surface area contributed by atoms with E-state index in [1.54, 1.807) is 30.5 Å². The van der Waals surface area contributed by atoms with Crippen LogP contribution in [0.1, 0.15) is 48.2 Å². The SMILES string of the molecule is CC1=CC(C(=O)N2CCC(c3cnn4c(C(N)=O)c(-c5ccc(Oc6ccc(F)cc6F)cc5)[nH]c34)CC2)C1. The van der Waals surface area contributed by atoms with Crippen molar-refractivity contribution in [3.05, 3.63) is 83.2 Å². The summed E-state index contributed by atoms with van der Waals surface area (Å²) >= 11 is 0. The second-order valence-corrected chi connectivity index (χ2v) is 10.2. The molecule has 10 heteroatoms. The molecule has 6 rings (SSSR count). The number of imidazole rings is 1. The van der Waals surface area contributed by atoms with Crippen molar-refractivity contribution in [3.63, 3.8) is 0 Å². The Balaban J connectivity index is 1.23. The Morgan fingerprint density at radius 1 is 1.10 bits per heavy atom. The molecule has 1 aliphatic heterocycles. The van der Waals surface area contributed by atoms with E-state index >= 15 is 0 Å². The number of nitrogens with two attached hydrogens (primary N) is 1. The van der Waals surface area contributed by atoms with E-state index in [1.807, 2.05) is 17.9 Å². The van der Waals surface area contributed by atoms with Crippen LogP contribution in [0.15, 0.2) is 60.3 Å². The number of amides is 2. The minimum absolute atomic E-state index is 0.0139. The van der Waals surface area contributed by atoms with E-state index in [9.17, 15) is 18.4 Å². The molecule has 3 N–H and O–H groups in total. The summed E-state index contributed by atoms with van der Waals surface area (Å²) in [6.07, 6.45) is 6.25. The molecule has 1 fully saturated rings. The van der Waals surface area contributed by atoms with Crippen LogP contribution in [0, 0.1) is 17.6 Å². The Morgan fingerprint density at radius 3 is 2.46 bits per heavy atom. The highest BCUT2D eigenvalue weighted by Gasteiger charge is 2.32. The third-order valence-electron chi connectivity index (χ3n) is 7.58. The van der Waals surface area contributed by atoms with Gasteiger partial charge in [0.05, 0.1) is 17.8 Å². The van der Waals surface area contributed by atoms with E-state index < -0.39 is 17.5 Å². The summed E-state index contributed by atoms with van der Waals surface area (Å²) in [5.41, 5.74) is 10.1. The van der Waals surface area contributed by atoms with Gasteiger partial charge in [0.25, 0.3) is 5.91 Å². The average Bonchev–Trinajstić information content (AvgIpc) is 3.48. The molecule has 2 aliphatic rings. The number of hydrogen-bond acceptors (Lipinski definition) is 4. The van der Waals surface area contributed by atoms with E-state index in [0.29, 0.717) is 35.7 Å². The normalized spacial score (nSPS) is 17.7. The van der Waals surface area contributed by atoms with Crippen LogP contribution in [0.25, 0.3) is 16.9 Å². The van der Waals surface area contributed by atoms with Crippen LogP contribution in [0.4, 0.5) is 8.78 Å². The number of allylic oxidation sites excluding steroid dienone is 1. The largest absolute Gasteiger partial charge is 0.454 e. The number of primary amides is 1. The molecule has 200 valence electrons. The van der Waals surface area contributed by atoms with Gasteiger partial charge < -0.3 is 20.4 Å². The Labute approximate surface area is 223 Å². The minimum atomic E-state index is -0.807. The molecule has 0 bridgehead atoms. The molecule has 1 saturated heterocycles. The monoisotopic (exact) mass is 531 g/mol. The van der Waals surface area contributed by atoms with Crippen LogP contribution in [0.3, 0.4) is 0 Å². The maximum atomic E-state index is 14.0. The number of rotatable bonds is 6. The summed E-state index contributed by atoms with van der Waals surface area (Å²) in [4.78, 5) is 30.5. The predicted octanol–water partition coefficient (Wildman–Crippen LogP) is 5.17. The summed E-state index contributed by atoms with van der Waals surface area (Å²) in [6.45, 7) is 3.40. The first-order chi connectivity index (χ1) is 18.8. The first-order valence-electron chi connectivity index (χ1n) is 12.9. The van der Waals surface area contributed by atoms with Gasteiger partial charge in [-0.15, -0.1) is 0 Å². The third kappa shape index (κ3) is 4.56. The smallest absolute Gasteiger partial charge is 0.269 e. The highest BCUT2D eigenvalue weighted by atomic mass is 19.1. The zero-order valence-electron chi connectivity index (χ0n) is 21.3. The molecule has 4 aromatic rings. The van der Waals surface area contributed by atoms with Crippen LogP contribution in [-0.4, -0.2) is 44.4 Å². The molecule has 0 saturated carbocycles. The molecule has 8 nitrogen and oxygen atoms in total. The number of H-pyrrole nitrogens is 1. The summed E-state index contributed by atoms with van der Waals surface area (Å²) in [7, 11) is 0. The molecule has 0 radical (unpaired) electrons. The van der Waals surface area contributed by atoms with Gasteiger partial charge in [-0.05, 0) is 68.5 Å². The van der Waals surface area contributed by atoms with E-state index in [-0.39, 0.29) is 29.2 Å². The standard InChI is InChI=1S/C29H27F2N5O3/c1-16-12-19(13-16)29(38)35-10-8-17(9-11-35)22-15-33-36-26(27(32)37)25(34-28(22)36)18-2-5-21(6-3-18)39-24-7-4-20(30)14-23(24)31/h2-7,12,14-15,17,19,34H,8-11,13H2,1H3,(H2,32,37). The van der Waals surface area contributed by atoms with Gasteiger partial charge >= 0.3 is 0 Å².